The predicted octanol–water partition coefficient (Wildman–Crippen LogP) is 2.98. The van der Waals surface area contributed by atoms with E-state index in [2.05, 4.69) is 15.2 Å². The van der Waals surface area contributed by atoms with E-state index in [-0.39, 0.29) is 17.9 Å². The third-order valence-electron chi connectivity index (χ3n) is 3.47. The Bertz CT molecular complexity index is 759. The number of nitrogens with zero attached hydrogens (tertiary/aromatic N) is 2. The molecule has 0 aliphatic carbocycles. The zero-order chi connectivity index (χ0) is 18.4. The van der Waals surface area contributed by atoms with Crippen molar-refractivity contribution < 1.29 is 14.7 Å². The van der Waals surface area contributed by atoms with Crippen molar-refractivity contribution in [2.24, 2.45) is 0 Å². The van der Waals surface area contributed by atoms with Crippen LogP contribution in [0.3, 0.4) is 0 Å². The van der Waals surface area contributed by atoms with Crippen LogP contribution in [0.4, 0.5) is 5.69 Å². The molecule has 0 aliphatic rings. The molecular formula is C17H21N3O3S2. The number of aromatic nitrogens is 1. The molecule has 1 aromatic heterocycles. The van der Waals surface area contributed by atoms with Crippen LogP contribution in [0.15, 0.2) is 27.9 Å². The van der Waals surface area contributed by atoms with Gasteiger partial charge in [-0.2, -0.15) is 0 Å². The highest BCUT2D eigenvalue weighted by Crippen LogP contribution is 2.23. The number of hydrogen-bond donors (Lipinski definition) is 2. The van der Waals surface area contributed by atoms with E-state index in [1.165, 1.54) is 17.4 Å². The summed E-state index contributed by atoms with van der Waals surface area (Å²) in [5.41, 5.74) is 1.97. The van der Waals surface area contributed by atoms with Crippen LogP contribution in [0, 0.1) is 6.92 Å². The Balaban J connectivity index is 1.94. The number of carboxylic acid groups (broad SMARTS) is 1. The standard InChI is InChI=1S/C17H21N3O3S2/c1-11-13(16(22)23)5-4-6-14(11)19-15(21)9-12-10-25-17(18-12)24-8-7-20(2)3/h4-6,10H,7-9H2,1-3H3,(H,19,21)(H,22,23). The number of rotatable bonds is 8. The van der Waals surface area contributed by atoms with Crippen molar-refractivity contribution in [2.45, 2.75) is 17.7 Å². The average Bonchev–Trinajstić information content (AvgIpc) is 2.96. The van der Waals surface area contributed by atoms with Gasteiger partial charge in [0.2, 0.25) is 5.91 Å². The van der Waals surface area contributed by atoms with Crippen molar-refractivity contribution in [2.75, 3.05) is 31.7 Å². The van der Waals surface area contributed by atoms with Gasteiger partial charge >= 0.3 is 5.97 Å². The monoisotopic (exact) mass is 379 g/mol. The van der Waals surface area contributed by atoms with E-state index in [1.54, 1.807) is 30.8 Å². The molecule has 1 aromatic carbocycles. The second-order valence-corrected chi connectivity index (χ2v) is 7.96. The smallest absolute Gasteiger partial charge is 0.336 e. The topological polar surface area (TPSA) is 82.5 Å². The number of carbonyl (C=O) groups excluding carboxylic acids is 1. The van der Waals surface area contributed by atoms with Gasteiger partial charge in [-0.3, -0.25) is 4.79 Å². The minimum Gasteiger partial charge on any atom is -0.478 e. The molecule has 0 radical (unpaired) electrons. The Morgan fingerprint density at radius 2 is 2.12 bits per heavy atom. The van der Waals surface area contributed by atoms with E-state index in [9.17, 15) is 9.59 Å². The molecular weight excluding hydrogens is 358 g/mol. The lowest BCUT2D eigenvalue weighted by Gasteiger charge is -2.09. The zero-order valence-corrected chi connectivity index (χ0v) is 16.0. The third-order valence-corrected chi connectivity index (χ3v) is 5.52. The molecule has 0 aliphatic heterocycles. The fourth-order valence-electron chi connectivity index (χ4n) is 2.11. The molecule has 0 atom stereocenters. The van der Waals surface area contributed by atoms with E-state index in [1.807, 2.05) is 19.5 Å². The number of aromatic carboxylic acids is 1. The minimum atomic E-state index is -1.01. The van der Waals surface area contributed by atoms with Gasteiger partial charge in [0.15, 0.2) is 0 Å². The molecule has 1 heterocycles. The van der Waals surface area contributed by atoms with Crippen molar-refractivity contribution in [1.29, 1.82) is 0 Å². The van der Waals surface area contributed by atoms with Crippen LogP contribution in [-0.2, 0) is 11.2 Å². The van der Waals surface area contributed by atoms with Gasteiger partial charge in [-0.25, -0.2) is 9.78 Å². The van der Waals surface area contributed by atoms with Crippen molar-refractivity contribution >= 4 is 40.7 Å². The molecule has 134 valence electrons. The van der Waals surface area contributed by atoms with E-state index in [4.69, 9.17) is 5.11 Å². The maximum atomic E-state index is 12.2. The molecule has 8 heteroatoms. The van der Waals surface area contributed by atoms with Gasteiger partial charge in [0.1, 0.15) is 4.34 Å². The number of carboxylic acids is 1. The van der Waals surface area contributed by atoms with Crippen molar-refractivity contribution in [3.63, 3.8) is 0 Å². The third kappa shape index (κ3) is 5.84. The number of nitrogens with one attached hydrogen (secondary N) is 1. The van der Waals surface area contributed by atoms with Crippen LogP contribution < -0.4 is 5.32 Å². The second kappa shape index (κ2) is 8.98. The molecule has 0 bridgehead atoms. The Labute approximate surface area is 155 Å². The lowest BCUT2D eigenvalue weighted by atomic mass is 10.1. The molecule has 2 aromatic rings. The summed E-state index contributed by atoms with van der Waals surface area (Å²) in [5, 5.41) is 13.8. The van der Waals surface area contributed by atoms with Crippen molar-refractivity contribution in [3.05, 3.63) is 40.4 Å². The Morgan fingerprint density at radius 1 is 1.36 bits per heavy atom. The van der Waals surface area contributed by atoms with E-state index in [0.717, 1.165) is 22.3 Å². The summed E-state index contributed by atoms with van der Waals surface area (Å²) in [6.45, 7) is 2.65. The maximum absolute atomic E-state index is 12.2. The molecule has 0 saturated carbocycles. The molecule has 1 amide bonds. The lowest BCUT2D eigenvalue weighted by molar-refractivity contribution is -0.115. The number of thioether (sulfide) groups is 1. The minimum absolute atomic E-state index is 0.168. The first-order chi connectivity index (χ1) is 11.9. The summed E-state index contributed by atoms with van der Waals surface area (Å²) in [6.07, 6.45) is 0.168. The highest BCUT2D eigenvalue weighted by Gasteiger charge is 2.13. The van der Waals surface area contributed by atoms with Gasteiger partial charge in [0.05, 0.1) is 17.7 Å². The summed E-state index contributed by atoms with van der Waals surface area (Å²) in [6, 6.07) is 4.84. The first-order valence-corrected chi connectivity index (χ1v) is 9.58. The number of benzene rings is 1. The SMILES string of the molecule is Cc1c(NC(=O)Cc2csc(SCCN(C)C)n2)cccc1C(=O)O. The van der Waals surface area contributed by atoms with Gasteiger partial charge in [-0.15, -0.1) is 11.3 Å². The van der Waals surface area contributed by atoms with Crippen molar-refractivity contribution in [1.82, 2.24) is 9.88 Å². The highest BCUT2D eigenvalue weighted by atomic mass is 32.2. The summed E-state index contributed by atoms with van der Waals surface area (Å²) in [4.78, 5) is 30.0. The van der Waals surface area contributed by atoms with Gasteiger partial charge in [0, 0.05) is 23.4 Å². The molecule has 2 N–H and O–H groups in total. The molecule has 2 rings (SSSR count). The van der Waals surface area contributed by atoms with Crippen molar-refractivity contribution in [3.8, 4) is 0 Å². The van der Waals surface area contributed by atoms with E-state index < -0.39 is 5.97 Å². The number of carbonyl (C=O) groups is 2. The molecule has 25 heavy (non-hydrogen) atoms. The molecule has 6 nitrogen and oxygen atoms in total. The first-order valence-electron chi connectivity index (χ1n) is 7.71. The van der Waals surface area contributed by atoms with E-state index in [0.29, 0.717) is 11.3 Å². The fraction of sp³-hybridized carbons (Fsp3) is 0.353. The van der Waals surface area contributed by atoms with Crippen LogP contribution in [-0.4, -0.2) is 53.3 Å². The maximum Gasteiger partial charge on any atom is 0.336 e. The summed E-state index contributed by atoms with van der Waals surface area (Å²) < 4.78 is 0.953. The van der Waals surface area contributed by atoms with Gasteiger partial charge in [-0.1, -0.05) is 17.8 Å². The number of thiazole rings is 1. The zero-order valence-electron chi connectivity index (χ0n) is 14.4. The molecule has 0 fully saturated rings. The van der Waals surface area contributed by atoms with Gasteiger partial charge in [-0.05, 0) is 38.7 Å². The van der Waals surface area contributed by atoms with Crippen LogP contribution in [0.25, 0.3) is 0 Å². The lowest BCUT2D eigenvalue weighted by Crippen LogP contribution is -2.16. The Morgan fingerprint density at radius 3 is 2.80 bits per heavy atom. The summed E-state index contributed by atoms with van der Waals surface area (Å²) in [7, 11) is 4.05. The van der Waals surface area contributed by atoms with Crippen LogP contribution in [0.5, 0.6) is 0 Å². The molecule has 0 saturated heterocycles. The van der Waals surface area contributed by atoms with Crippen LogP contribution in [0.2, 0.25) is 0 Å². The number of hydrogen-bond acceptors (Lipinski definition) is 6. The Kier molecular flexibility index (Phi) is 6.98. The average molecular weight is 380 g/mol. The van der Waals surface area contributed by atoms with E-state index >= 15 is 0 Å². The molecule has 0 unspecified atom stereocenters. The second-order valence-electron chi connectivity index (χ2n) is 5.76. The summed E-state index contributed by atoms with van der Waals surface area (Å²) in [5.74, 6) is -0.263. The quantitative estimate of drug-likeness (QED) is 0.686. The molecule has 0 spiro atoms. The summed E-state index contributed by atoms with van der Waals surface area (Å²) >= 11 is 3.21. The normalized spacial score (nSPS) is 10.9. The number of amides is 1. The fourth-order valence-corrected chi connectivity index (χ4v) is 4.14. The van der Waals surface area contributed by atoms with Gasteiger partial charge < -0.3 is 15.3 Å². The Hall–Kier alpha value is -1.90. The number of anilines is 1. The predicted molar refractivity (Wildman–Crippen MR) is 102 cm³/mol. The van der Waals surface area contributed by atoms with Gasteiger partial charge in [0.25, 0.3) is 0 Å². The first kappa shape index (κ1) is 19.4. The van der Waals surface area contributed by atoms with Crippen LogP contribution >= 0.6 is 23.1 Å². The van der Waals surface area contributed by atoms with Crippen LogP contribution in [0.1, 0.15) is 21.6 Å². The highest BCUT2D eigenvalue weighted by molar-refractivity contribution is 8.01. The largest absolute Gasteiger partial charge is 0.478 e.